The fourth-order valence-electron chi connectivity index (χ4n) is 2.49. The maximum Gasteiger partial charge on any atom is 0.322 e. The highest BCUT2D eigenvalue weighted by atomic mass is 35.5. The SMILES string of the molecule is CN(C)c1c(Cl)cccc1NC(=O)N(CCCCO)C1CC1. The normalized spacial score (nSPS) is 13.8. The summed E-state index contributed by atoms with van der Waals surface area (Å²) in [6, 6.07) is 5.74. The number of carbonyl (C=O) groups excluding carboxylic acids is 1. The Morgan fingerprint density at radius 2 is 2.09 bits per heavy atom. The van der Waals surface area contributed by atoms with Crippen molar-refractivity contribution in [2.75, 3.05) is 37.5 Å². The van der Waals surface area contributed by atoms with Crippen molar-refractivity contribution < 1.29 is 9.90 Å². The first-order chi connectivity index (χ1) is 10.5. The maximum absolute atomic E-state index is 12.6. The number of halogens is 1. The van der Waals surface area contributed by atoms with Crippen LogP contribution in [0.1, 0.15) is 25.7 Å². The van der Waals surface area contributed by atoms with Crippen LogP contribution in [0.15, 0.2) is 18.2 Å². The number of nitrogens with one attached hydrogen (secondary N) is 1. The monoisotopic (exact) mass is 325 g/mol. The molecule has 2 rings (SSSR count). The van der Waals surface area contributed by atoms with Crippen LogP contribution in [-0.4, -0.2) is 49.3 Å². The molecule has 0 aliphatic heterocycles. The Hall–Kier alpha value is -1.46. The molecule has 2 N–H and O–H groups in total. The van der Waals surface area contributed by atoms with Gasteiger partial charge in [0.2, 0.25) is 0 Å². The van der Waals surface area contributed by atoms with E-state index >= 15 is 0 Å². The number of aliphatic hydroxyl groups excluding tert-OH is 1. The second-order valence-electron chi connectivity index (χ2n) is 5.82. The highest BCUT2D eigenvalue weighted by Crippen LogP contribution is 2.33. The molecular weight excluding hydrogens is 302 g/mol. The van der Waals surface area contributed by atoms with E-state index in [1.165, 1.54) is 0 Å². The summed E-state index contributed by atoms with van der Waals surface area (Å²) in [5.41, 5.74) is 1.53. The lowest BCUT2D eigenvalue weighted by Crippen LogP contribution is -2.37. The number of hydrogen-bond acceptors (Lipinski definition) is 3. The van der Waals surface area contributed by atoms with Gasteiger partial charge in [-0.1, -0.05) is 17.7 Å². The lowest BCUT2D eigenvalue weighted by molar-refractivity contribution is 0.204. The van der Waals surface area contributed by atoms with E-state index in [1.807, 2.05) is 42.1 Å². The molecule has 1 aromatic carbocycles. The quantitative estimate of drug-likeness (QED) is 0.757. The van der Waals surface area contributed by atoms with Crippen molar-refractivity contribution in [2.45, 2.75) is 31.7 Å². The van der Waals surface area contributed by atoms with E-state index in [1.54, 1.807) is 0 Å². The summed E-state index contributed by atoms with van der Waals surface area (Å²) >= 11 is 6.23. The molecule has 0 saturated heterocycles. The zero-order valence-electron chi connectivity index (χ0n) is 13.2. The lowest BCUT2D eigenvalue weighted by atomic mass is 10.2. The van der Waals surface area contributed by atoms with Crippen LogP contribution < -0.4 is 10.2 Å². The second kappa shape index (κ2) is 7.70. The van der Waals surface area contributed by atoms with E-state index in [2.05, 4.69) is 5.32 Å². The predicted molar refractivity (Wildman–Crippen MR) is 90.8 cm³/mol. The number of rotatable bonds is 7. The Bertz CT molecular complexity index is 518. The largest absolute Gasteiger partial charge is 0.396 e. The van der Waals surface area contributed by atoms with Crippen molar-refractivity contribution in [1.29, 1.82) is 0 Å². The molecule has 1 saturated carbocycles. The Morgan fingerprint density at radius 1 is 1.36 bits per heavy atom. The fourth-order valence-corrected chi connectivity index (χ4v) is 2.83. The van der Waals surface area contributed by atoms with E-state index in [0.29, 0.717) is 17.6 Å². The molecule has 2 amide bonds. The van der Waals surface area contributed by atoms with Gasteiger partial charge in [-0.2, -0.15) is 0 Å². The third-order valence-electron chi connectivity index (χ3n) is 3.73. The molecule has 5 nitrogen and oxygen atoms in total. The van der Waals surface area contributed by atoms with Crippen LogP contribution in [0.25, 0.3) is 0 Å². The minimum absolute atomic E-state index is 0.0918. The third-order valence-corrected chi connectivity index (χ3v) is 4.04. The van der Waals surface area contributed by atoms with Crippen molar-refractivity contribution in [3.05, 3.63) is 23.2 Å². The van der Waals surface area contributed by atoms with Gasteiger partial charge >= 0.3 is 6.03 Å². The summed E-state index contributed by atoms with van der Waals surface area (Å²) < 4.78 is 0. The van der Waals surface area contributed by atoms with Crippen LogP contribution in [-0.2, 0) is 0 Å². The van der Waals surface area contributed by atoms with E-state index < -0.39 is 0 Å². The van der Waals surface area contributed by atoms with E-state index in [4.69, 9.17) is 16.7 Å². The van der Waals surface area contributed by atoms with Gasteiger partial charge in [0.1, 0.15) is 0 Å². The number of para-hydroxylation sites is 1. The zero-order chi connectivity index (χ0) is 16.1. The average molecular weight is 326 g/mol. The molecule has 0 aromatic heterocycles. The first kappa shape index (κ1) is 16.9. The maximum atomic E-state index is 12.6. The van der Waals surface area contributed by atoms with Crippen LogP contribution in [0, 0.1) is 0 Å². The number of carbonyl (C=O) groups is 1. The fraction of sp³-hybridized carbons (Fsp3) is 0.562. The highest BCUT2D eigenvalue weighted by molar-refractivity contribution is 6.34. The molecule has 0 spiro atoms. The number of urea groups is 1. The molecule has 0 unspecified atom stereocenters. The van der Waals surface area contributed by atoms with Crippen LogP contribution in [0.4, 0.5) is 16.2 Å². The third kappa shape index (κ3) is 4.27. The average Bonchev–Trinajstić information content (AvgIpc) is 3.27. The van der Waals surface area contributed by atoms with Crippen molar-refractivity contribution >= 4 is 29.0 Å². The number of benzene rings is 1. The van der Waals surface area contributed by atoms with Gasteiger partial charge in [0.15, 0.2) is 0 Å². The molecule has 1 aromatic rings. The Morgan fingerprint density at radius 3 is 2.68 bits per heavy atom. The van der Waals surface area contributed by atoms with E-state index in [-0.39, 0.29) is 12.6 Å². The Labute approximate surface area is 136 Å². The van der Waals surface area contributed by atoms with Gasteiger partial charge in [-0.05, 0) is 37.8 Å². The number of nitrogens with zero attached hydrogens (tertiary/aromatic N) is 2. The lowest BCUT2D eigenvalue weighted by Gasteiger charge is -2.25. The van der Waals surface area contributed by atoms with Crippen molar-refractivity contribution in [3.8, 4) is 0 Å². The van der Waals surface area contributed by atoms with E-state index in [9.17, 15) is 4.79 Å². The summed E-state index contributed by atoms with van der Waals surface area (Å²) in [5.74, 6) is 0. The van der Waals surface area contributed by atoms with Crippen LogP contribution >= 0.6 is 11.6 Å². The van der Waals surface area contributed by atoms with Crippen LogP contribution in [0.3, 0.4) is 0 Å². The van der Waals surface area contributed by atoms with Gasteiger partial charge in [0.05, 0.1) is 16.4 Å². The predicted octanol–water partition coefficient (Wildman–Crippen LogP) is 3.17. The van der Waals surface area contributed by atoms with Gasteiger partial charge in [0.25, 0.3) is 0 Å². The molecule has 6 heteroatoms. The number of hydrogen-bond donors (Lipinski definition) is 2. The zero-order valence-corrected chi connectivity index (χ0v) is 13.9. The summed E-state index contributed by atoms with van der Waals surface area (Å²) in [7, 11) is 3.80. The molecule has 1 aliphatic carbocycles. The Kier molecular flexibility index (Phi) is 5.91. The van der Waals surface area contributed by atoms with Crippen molar-refractivity contribution in [1.82, 2.24) is 4.90 Å². The van der Waals surface area contributed by atoms with Crippen molar-refractivity contribution in [3.63, 3.8) is 0 Å². The van der Waals surface area contributed by atoms with Gasteiger partial charge in [-0.25, -0.2) is 4.79 Å². The first-order valence-corrected chi connectivity index (χ1v) is 8.06. The smallest absolute Gasteiger partial charge is 0.322 e. The summed E-state index contributed by atoms with van der Waals surface area (Å²) in [4.78, 5) is 16.3. The highest BCUT2D eigenvalue weighted by Gasteiger charge is 2.32. The standard InChI is InChI=1S/C16H24ClN3O2/c1-19(2)15-13(17)6-5-7-14(15)18-16(22)20(12-8-9-12)10-3-4-11-21/h5-7,12,21H,3-4,8-11H2,1-2H3,(H,18,22). The molecule has 1 fully saturated rings. The number of aliphatic hydroxyl groups is 1. The number of anilines is 2. The van der Waals surface area contributed by atoms with E-state index in [0.717, 1.165) is 37.1 Å². The Balaban J connectivity index is 2.08. The van der Waals surface area contributed by atoms with Gasteiger partial charge < -0.3 is 20.2 Å². The molecule has 0 bridgehead atoms. The number of unbranched alkanes of at least 4 members (excludes halogenated alkanes) is 1. The molecule has 0 heterocycles. The molecule has 1 aliphatic rings. The summed E-state index contributed by atoms with van der Waals surface area (Å²) in [6.07, 6.45) is 3.65. The summed E-state index contributed by atoms with van der Waals surface area (Å²) in [6.45, 7) is 0.841. The van der Waals surface area contributed by atoms with Crippen LogP contribution in [0.2, 0.25) is 5.02 Å². The van der Waals surface area contributed by atoms with Gasteiger partial charge in [-0.3, -0.25) is 0 Å². The number of amides is 2. The first-order valence-electron chi connectivity index (χ1n) is 7.69. The summed E-state index contributed by atoms with van der Waals surface area (Å²) in [5, 5.41) is 12.5. The van der Waals surface area contributed by atoms with Crippen molar-refractivity contribution in [2.24, 2.45) is 0 Å². The molecule has 0 radical (unpaired) electrons. The second-order valence-corrected chi connectivity index (χ2v) is 6.22. The molecule has 22 heavy (non-hydrogen) atoms. The molecule has 0 atom stereocenters. The molecular formula is C16H24ClN3O2. The van der Waals surface area contributed by atoms with Crippen LogP contribution in [0.5, 0.6) is 0 Å². The molecule has 122 valence electrons. The minimum atomic E-state index is -0.0918. The van der Waals surface area contributed by atoms with Gasteiger partial charge in [0, 0.05) is 33.3 Å². The van der Waals surface area contributed by atoms with Gasteiger partial charge in [-0.15, -0.1) is 0 Å². The minimum Gasteiger partial charge on any atom is -0.396 e. The topological polar surface area (TPSA) is 55.8 Å².